The van der Waals surface area contributed by atoms with Gasteiger partial charge in [-0.25, -0.2) is 18.4 Å². The fraction of sp³-hybridized carbons (Fsp3) is 0.407. The first kappa shape index (κ1) is 28.4. The summed E-state index contributed by atoms with van der Waals surface area (Å²) in [5, 5.41) is 5.81. The summed E-state index contributed by atoms with van der Waals surface area (Å²) in [5.41, 5.74) is 3.45. The van der Waals surface area contributed by atoms with E-state index in [4.69, 9.17) is 14.5 Å². The second kappa shape index (κ2) is 11.6. The molecule has 0 aromatic carbocycles. The van der Waals surface area contributed by atoms with Gasteiger partial charge in [0, 0.05) is 51.2 Å². The van der Waals surface area contributed by atoms with E-state index in [0.29, 0.717) is 34.1 Å². The Morgan fingerprint density at radius 3 is 2.41 bits per heavy atom. The van der Waals surface area contributed by atoms with Gasteiger partial charge in [0.25, 0.3) is 0 Å². The van der Waals surface area contributed by atoms with Crippen molar-refractivity contribution in [2.24, 2.45) is 0 Å². The summed E-state index contributed by atoms with van der Waals surface area (Å²) in [5.74, 6) is 0.350. The number of pyridine rings is 3. The number of amides is 1. The largest absolute Gasteiger partial charge is 0.377 e. The van der Waals surface area contributed by atoms with E-state index in [9.17, 15) is 13.2 Å². The molecule has 208 valence electrons. The Morgan fingerprint density at radius 2 is 1.82 bits per heavy atom. The van der Waals surface area contributed by atoms with Crippen LogP contribution in [-0.4, -0.2) is 67.9 Å². The SMILES string of the molecule is COC(C)c1cc(Nc2cc(NC(C)=O)ncc2-c2ccc(N3C[C@@H](C)O[C@@H](C)C3)cn2)nc(S(C)(=O)=O)c1. The molecule has 1 saturated heterocycles. The maximum atomic E-state index is 12.4. The lowest BCUT2D eigenvalue weighted by atomic mass is 10.1. The van der Waals surface area contributed by atoms with Crippen LogP contribution >= 0.6 is 0 Å². The van der Waals surface area contributed by atoms with Gasteiger partial charge >= 0.3 is 0 Å². The van der Waals surface area contributed by atoms with Crippen molar-refractivity contribution in [1.29, 1.82) is 0 Å². The van der Waals surface area contributed by atoms with Gasteiger partial charge in [-0.05, 0) is 50.6 Å². The van der Waals surface area contributed by atoms with Crippen molar-refractivity contribution in [2.45, 2.75) is 51.0 Å². The molecule has 12 heteroatoms. The van der Waals surface area contributed by atoms with Gasteiger partial charge in [-0.3, -0.25) is 9.78 Å². The zero-order valence-electron chi connectivity index (χ0n) is 22.9. The normalized spacial score (nSPS) is 18.5. The maximum Gasteiger partial charge on any atom is 0.222 e. The number of anilines is 4. The Hall–Kier alpha value is -3.61. The first-order chi connectivity index (χ1) is 18.4. The van der Waals surface area contributed by atoms with E-state index < -0.39 is 9.84 Å². The molecule has 1 fully saturated rings. The van der Waals surface area contributed by atoms with Crippen molar-refractivity contribution < 1.29 is 22.7 Å². The van der Waals surface area contributed by atoms with Gasteiger partial charge in [0.05, 0.1) is 41.6 Å². The number of nitrogens with zero attached hydrogens (tertiary/aromatic N) is 4. The number of rotatable bonds is 8. The zero-order valence-corrected chi connectivity index (χ0v) is 23.7. The summed E-state index contributed by atoms with van der Waals surface area (Å²) in [6, 6.07) is 8.78. The maximum absolute atomic E-state index is 12.4. The second-order valence-electron chi connectivity index (χ2n) is 9.76. The molecule has 11 nitrogen and oxygen atoms in total. The highest BCUT2D eigenvalue weighted by molar-refractivity contribution is 7.90. The summed E-state index contributed by atoms with van der Waals surface area (Å²) in [4.78, 5) is 27.3. The Morgan fingerprint density at radius 1 is 1.10 bits per heavy atom. The minimum Gasteiger partial charge on any atom is -0.377 e. The molecule has 1 aliphatic rings. The number of hydrogen-bond acceptors (Lipinski definition) is 10. The third-order valence-corrected chi connectivity index (χ3v) is 7.28. The molecule has 0 spiro atoms. The smallest absolute Gasteiger partial charge is 0.222 e. The van der Waals surface area contributed by atoms with E-state index in [2.05, 4.69) is 39.3 Å². The Labute approximate surface area is 228 Å². The summed E-state index contributed by atoms with van der Waals surface area (Å²) in [7, 11) is -2.05. The van der Waals surface area contributed by atoms with Crippen LogP contribution in [0.3, 0.4) is 0 Å². The highest BCUT2D eigenvalue weighted by Gasteiger charge is 2.23. The van der Waals surface area contributed by atoms with Crippen LogP contribution in [0.2, 0.25) is 0 Å². The third-order valence-electron chi connectivity index (χ3n) is 6.31. The number of nitrogens with one attached hydrogen (secondary N) is 2. The molecular weight excluding hydrogens is 520 g/mol. The van der Waals surface area contributed by atoms with Crippen molar-refractivity contribution in [2.75, 3.05) is 42.0 Å². The lowest BCUT2D eigenvalue weighted by molar-refractivity contribution is -0.114. The molecule has 4 rings (SSSR count). The van der Waals surface area contributed by atoms with Gasteiger partial charge in [-0.1, -0.05) is 0 Å². The minimum atomic E-state index is -3.59. The van der Waals surface area contributed by atoms with Crippen LogP contribution in [0.15, 0.2) is 47.8 Å². The third kappa shape index (κ3) is 7.08. The van der Waals surface area contributed by atoms with Gasteiger partial charge in [-0.15, -0.1) is 0 Å². The number of carbonyl (C=O) groups excluding carboxylic acids is 1. The minimum absolute atomic E-state index is 0.0828. The molecular formula is C27H34N6O5S. The fourth-order valence-corrected chi connectivity index (χ4v) is 5.04. The van der Waals surface area contributed by atoms with Gasteiger partial charge < -0.3 is 25.0 Å². The predicted octanol–water partition coefficient (Wildman–Crippen LogP) is 3.97. The quantitative estimate of drug-likeness (QED) is 0.421. The molecule has 0 bridgehead atoms. The van der Waals surface area contributed by atoms with Crippen molar-refractivity contribution >= 4 is 38.8 Å². The van der Waals surface area contributed by atoms with Gasteiger partial charge in [-0.2, -0.15) is 0 Å². The van der Waals surface area contributed by atoms with E-state index in [1.165, 1.54) is 13.0 Å². The lowest BCUT2D eigenvalue weighted by Gasteiger charge is -2.36. The van der Waals surface area contributed by atoms with Crippen LogP contribution in [0.1, 0.15) is 39.4 Å². The monoisotopic (exact) mass is 554 g/mol. The molecule has 3 aromatic rings. The molecule has 4 heterocycles. The van der Waals surface area contributed by atoms with E-state index in [0.717, 1.165) is 25.0 Å². The number of morpholine rings is 1. The Balaban J connectivity index is 1.73. The number of sulfone groups is 1. The first-order valence-electron chi connectivity index (χ1n) is 12.6. The highest BCUT2D eigenvalue weighted by Crippen LogP contribution is 2.33. The lowest BCUT2D eigenvalue weighted by Crippen LogP contribution is -2.45. The average Bonchev–Trinajstić information content (AvgIpc) is 2.87. The second-order valence-corrected chi connectivity index (χ2v) is 11.7. The molecule has 2 N–H and O–H groups in total. The van der Waals surface area contributed by atoms with E-state index in [-0.39, 0.29) is 29.2 Å². The van der Waals surface area contributed by atoms with Crippen LogP contribution in [0.4, 0.5) is 23.0 Å². The Kier molecular flexibility index (Phi) is 8.48. The molecule has 1 aliphatic heterocycles. The zero-order chi connectivity index (χ0) is 28.3. The van der Waals surface area contributed by atoms with Crippen LogP contribution in [0, 0.1) is 0 Å². The van der Waals surface area contributed by atoms with Crippen LogP contribution in [0.25, 0.3) is 11.3 Å². The average molecular weight is 555 g/mol. The van der Waals surface area contributed by atoms with Crippen LogP contribution < -0.4 is 15.5 Å². The summed E-state index contributed by atoms with van der Waals surface area (Å²) in [6.07, 6.45) is 4.40. The van der Waals surface area contributed by atoms with Crippen molar-refractivity contribution in [3.05, 3.63) is 48.3 Å². The van der Waals surface area contributed by atoms with Crippen LogP contribution in [-0.2, 0) is 24.1 Å². The van der Waals surface area contributed by atoms with E-state index >= 15 is 0 Å². The number of methoxy groups -OCH3 is 1. The molecule has 3 atom stereocenters. The molecule has 0 saturated carbocycles. The number of hydrogen-bond donors (Lipinski definition) is 2. The fourth-order valence-electron chi connectivity index (χ4n) is 4.42. The summed E-state index contributed by atoms with van der Waals surface area (Å²) >= 11 is 0. The van der Waals surface area contributed by atoms with Crippen molar-refractivity contribution in [3.63, 3.8) is 0 Å². The summed E-state index contributed by atoms with van der Waals surface area (Å²) < 4.78 is 36.0. The topological polar surface area (TPSA) is 136 Å². The summed E-state index contributed by atoms with van der Waals surface area (Å²) in [6.45, 7) is 8.86. The van der Waals surface area contributed by atoms with Crippen molar-refractivity contribution in [1.82, 2.24) is 15.0 Å². The highest BCUT2D eigenvalue weighted by atomic mass is 32.2. The number of carbonyl (C=O) groups is 1. The Bertz CT molecular complexity index is 1440. The molecule has 3 aromatic heterocycles. The molecule has 0 radical (unpaired) electrons. The molecule has 0 aliphatic carbocycles. The number of ether oxygens (including phenoxy) is 2. The van der Waals surface area contributed by atoms with Gasteiger partial charge in [0.2, 0.25) is 5.91 Å². The van der Waals surface area contributed by atoms with Crippen molar-refractivity contribution in [3.8, 4) is 11.3 Å². The van der Waals surface area contributed by atoms with Gasteiger partial charge in [0.15, 0.2) is 14.9 Å². The van der Waals surface area contributed by atoms with Gasteiger partial charge in [0.1, 0.15) is 11.6 Å². The molecule has 1 amide bonds. The molecule has 1 unspecified atom stereocenters. The standard InChI is InChI=1S/C27H34N6O5S/c1-16-14-33(15-17(2)38-16)21-7-8-23(28-12-21)22-13-29-25(30-19(4)34)11-24(22)31-26-9-20(18(3)37-5)10-27(32-26)39(6,35)36/h7-13,16-18H,14-15H2,1-6H3,(H2,29,30,31,32,34)/t16-,17+,18?. The predicted molar refractivity (Wildman–Crippen MR) is 150 cm³/mol. The van der Waals surface area contributed by atoms with E-state index in [1.54, 1.807) is 25.4 Å². The van der Waals surface area contributed by atoms with E-state index in [1.807, 2.05) is 25.3 Å². The first-order valence-corrected chi connectivity index (χ1v) is 14.5. The number of aromatic nitrogens is 3. The molecule has 39 heavy (non-hydrogen) atoms. The van der Waals surface area contributed by atoms with Crippen LogP contribution in [0.5, 0.6) is 0 Å².